The van der Waals surface area contributed by atoms with E-state index in [1.165, 1.54) is 12.1 Å². The Kier molecular flexibility index (Phi) is 1.98. The molecule has 1 aromatic carbocycles. The molecule has 5 heteroatoms. The fourth-order valence-electron chi connectivity index (χ4n) is 2.24. The number of aryl methyl sites for hydroxylation is 1. The molecule has 0 spiro atoms. The van der Waals surface area contributed by atoms with Crippen LogP contribution in [-0.4, -0.2) is 9.55 Å². The van der Waals surface area contributed by atoms with Crippen molar-refractivity contribution in [3.8, 4) is 0 Å². The van der Waals surface area contributed by atoms with Gasteiger partial charge in [-0.25, -0.2) is 9.18 Å². The first kappa shape index (κ1) is 10.3. The van der Waals surface area contributed by atoms with Gasteiger partial charge in [0.15, 0.2) is 0 Å². The maximum atomic E-state index is 13.3. The summed E-state index contributed by atoms with van der Waals surface area (Å²) in [6, 6.07) is 2.67. The zero-order chi connectivity index (χ0) is 12.2. The minimum Gasteiger partial charge on any atom is -0.290 e. The molecule has 2 aromatic rings. The Bertz CT molecular complexity index is 726. The lowest BCUT2D eigenvalue weighted by Gasteiger charge is -2.10. The fraction of sp³-hybridized carbons (Fsp3) is 0.333. The third kappa shape index (κ3) is 1.50. The van der Waals surface area contributed by atoms with E-state index in [0.717, 1.165) is 12.8 Å². The van der Waals surface area contributed by atoms with Crippen LogP contribution in [0.25, 0.3) is 10.9 Å². The number of aromatic nitrogens is 2. The summed E-state index contributed by atoms with van der Waals surface area (Å²) in [5.41, 5.74) is 0.252. The average molecular weight is 234 g/mol. The van der Waals surface area contributed by atoms with Crippen LogP contribution in [0.1, 0.15) is 24.4 Å². The molecule has 0 unspecified atom stereocenters. The maximum Gasteiger partial charge on any atom is 0.329 e. The standard InChI is InChI=1S/C12H11FN2O2/c1-6-4-7(13)5-9-10(6)15(8-2-3-8)12(17)14-11(9)16/h4-5,8H,2-3H2,1H3,(H,14,16,17). The van der Waals surface area contributed by atoms with Crippen LogP contribution in [0.2, 0.25) is 0 Å². The van der Waals surface area contributed by atoms with Crippen LogP contribution in [-0.2, 0) is 0 Å². The molecule has 1 aromatic heterocycles. The largest absolute Gasteiger partial charge is 0.329 e. The van der Waals surface area contributed by atoms with E-state index in [2.05, 4.69) is 4.98 Å². The van der Waals surface area contributed by atoms with Crippen LogP contribution >= 0.6 is 0 Å². The van der Waals surface area contributed by atoms with E-state index in [-0.39, 0.29) is 11.4 Å². The van der Waals surface area contributed by atoms with Crippen molar-refractivity contribution in [2.45, 2.75) is 25.8 Å². The van der Waals surface area contributed by atoms with Gasteiger partial charge in [-0.3, -0.25) is 14.3 Å². The van der Waals surface area contributed by atoms with Gasteiger partial charge in [0.05, 0.1) is 10.9 Å². The van der Waals surface area contributed by atoms with Crippen molar-refractivity contribution in [2.24, 2.45) is 0 Å². The summed E-state index contributed by atoms with van der Waals surface area (Å²) in [5.74, 6) is -0.457. The molecule has 4 nitrogen and oxygen atoms in total. The highest BCUT2D eigenvalue weighted by Crippen LogP contribution is 2.35. The molecule has 3 rings (SSSR count). The summed E-state index contributed by atoms with van der Waals surface area (Å²) in [4.78, 5) is 25.7. The summed E-state index contributed by atoms with van der Waals surface area (Å²) < 4.78 is 14.9. The van der Waals surface area contributed by atoms with Gasteiger partial charge in [-0.1, -0.05) is 0 Å². The van der Waals surface area contributed by atoms with Gasteiger partial charge in [-0.15, -0.1) is 0 Å². The number of hydrogen-bond donors (Lipinski definition) is 1. The van der Waals surface area contributed by atoms with Crippen LogP contribution in [0.3, 0.4) is 0 Å². The molecule has 1 heterocycles. The Balaban J connectivity index is 2.55. The molecule has 1 saturated carbocycles. The number of rotatable bonds is 1. The van der Waals surface area contributed by atoms with E-state index in [4.69, 9.17) is 0 Å². The smallest absolute Gasteiger partial charge is 0.290 e. The molecule has 0 saturated heterocycles. The molecule has 0 bridgehead atoms. The molecule has 0 radical (unpaired) electrons. The molecule has 0 aliphatic heterocycles. The normalized spacial score (nSPS) is 15.4. The Morgan fingerprint density at radius 2 is 2.06 bits per heavy atom. The third-order valence-electron chi connectivity index (χ3n) is 3.10. The van der Waals surface area contributed by atoms with Crippen LogP contribution < -0.4 is 11.2 Å². The minimum absolute atomic E-state index is 0.144. The minimum atomic E-state index is -0.524. The van der Waals surface area contributed by atoms with Gasteiger partial charge in [0.1, 0.15) is 5.82 Å². The van der Waals surface area contributed by atoms with Crippen LogP contribution in [0, 0.1) is 12.7 Å². The lowest BCUT2D eigenvalue weighted by atomic mass is 10.1. The van der Waals surface area contributed by atoms with E-state index >= 15 is 0 Å². The van der Waals surface area contributed by atoms with Crippen molar-refractivity contribution in [1.29, 1.82) is 0 Å². The van der Waals surface area contributed by atoms with Gasteiger partial charge in [0, 0.05) is 6.04 Å². The average Bonchev–Trinajstić information content (AvgIpc) is 3.03. The molecule has 17 heavy (non-hydrogen) atoms. The molecule has 1 aliphatic rings. The maximum absolute atomic E-state index is 13.3. The second kappa shape index (κ2) is 3.29. The second-order valence-corrected chi connectivity index (χ2v) is 4.48. The Morgan fingerprint density at radius 1 is 1.35 bits per heavy atom. The summed E-state index contributed by atoms with van der Waals surface area (Å²) in [6.45, 7) is 1.71. The van der Waals surface area contributed by atoms with Crippen molar-refractivity contribution in [1.82, 2.24) is 9.55 Å². The molecule has 88 valence electrons. The van der Waals surface area contributed by atoms with Crippen molar-refractivity contribution in [2.75, 3.05) is 0 Å². The van der Waals surface area contributed by atoms with Gasteiger partial charge < -0.3 is 0 Å². The van der Waals surface area contributed by atoms with Crippen molar-refractivity contribution in [3.63, 3.8) is 0 Å². The highest BCUT2D eigenvalue weighted by atomic mass is 19.1. The molecule has 1 fully saturated rings. The molecule has 0 amide bonds. The Hall–Kier alpha value is -1.91. The van der Waals surface area contributed by atoms with Crippen LogP contribution in [0.4, 0.5) is 4.39 Å². The van der Waals surface area contributed by atoms with E-state index in [0.29, 0.717) is 11.1 Å². The number of fused-ring (bicyclic) bond motifs is 1. The highest BCUT2D eigenvalue weighted by molar-refractivity contribution is 5.81. The van der Waals surface area contributed by atoms with Gasteiger partial charge in [0.25, 0.3) is 5.56 Å². The number of aromatic amines is 1. The van der Waals surface area contributed by atoms with E-state index in [9.17, 15) is 14.0 Å². The third-order valence-corrected chi connectivity index (χ3v) is 3.10. The lowest BCUT2D eigenvalue weighted by molar-refractivity contribution is 0.626. The van der Waals surface area contributed by atoms with Gasteiger partial charge in [-0.05, 0) is 37.5 Å². The number of nitrogens with one attached hydrogen (secondary N) is 1. The summed E-state index contributed by atoms with van der Waals surface area (Å²) in [6.07, 6.45) is 1.86. The van der Waals surface area contributed by atoms with Crippen LogP contribution in [0.5, 0.6) is 0 Å². The zero-order valence-electron chi connectivity index (χ0n) is 9.29. The topological polar surface area (TPSA) is 54.9 Å². The number of nitrogens with zero attached hydrogens (tertiary/aromatic N) is 1. The first-order valence-electron chi connectivity index (χ1n) is 5.52. The number of hydrogen-bond acceptors (Lipinski definition) is 2. The fourth-order valence-corrected chi connectivity index (χ4v) is 2.24. The number of H-pyrrole nitrogens is 1. The SMILES string of the molecule is Cc1cc(F)cc2c(=O)[nH]c(=O)n(C3CC3)c12. The molecular weight excluding hydrogens is 223 g/mol. The number of halogens is 1. The zero-order valence-corrected chi connectivity index (χ0v) is 9.29. The van der Waals surface area contributed by atoms with Crippen molar-refractivity contribution in [3.05, 3.63) is 44.4 Å². The monoisotopic (exact) mass is 234 g/mol. The predicted octanol–water partition coefficient (Wildman–Crippen LogP) is 1.47. The first-order valence-corrected chi connectivity index (χ1v) is 5.52. The quantitative estimate of drug-likeness (QED) is 0.812. The molecule has 1 N–H and O–H groups in total. The highest BCUT2D eigenvalue weighted by Gasteiger charge is 2.27. The van der Waals surface area contributed by atoms with Gasteiger partial charge in [-0.2, -0.15) is 0 Å². The van der Waals surface area contributed by atoms with Gasteiger partial charge >= 0.3 is 5.69 Å². The summed E-state index contributed by atoms with van der Waals surface area (Å²) in [7, 11) is 0. The predicted molar refractivity (Wildman–Crippen MR) is 61.8 cm³/mol. The lowest BCUT2D eigenvalue weighted by Crippen LogP contribution is -2.30. The second-order valence-electron chi connectivity index (χ2n) is 4.48. The number of benzene rings is 1. The van der Waals surface area contributed by atoms with E-state index < -0.39 is 17.1 Å². The Labute approximate surface area is 95.7 Å². The molecule has 0 atom stereocenters. The summed E-state index contributed by atoms with van der Waals surface area (Å²) >= 11 is 0. The van der Waals surface area contributed by atoms with Gasteiger partial charge in [0.2, 0.25) is 0 Å². The molecular formula is C12H11FN2O2. The first-order chi connectivity index (χ1) is 8.08. The van der Waals surface area contributed by atoms with Crippen molar-refractivity contribution >= 4 is 10.9 Å². The molecule has 1 aliphatic carbocycles. The summed E-state index contributed by atoms with van der Waals surface area (Å²) in [5, 5.41) is 0.244. The van der Waals surface area contributed by atoms with E-state index in [1.807, 2.05) is 0 Å². The van der Waals surface area contributed by atoms with Crippen molar-refractivity contribution < 1.29 is 4.39 Å². The van der Waals surface area contributed by atoms with E-state index in [1.54, 1.807) is 11.5 Å². The Morgan fingerprint density at radius 3 is 2.71 bits per heavy atom. The van der Waals surface area contributed by atoms with Crippen LogP contribution in [0.15, 0.2) is 21.7 Å².